The molecule has 0 bridgehead atoms. The van der Waals surface area contributed by atoms with Gasteiger partial charge in [0, 0.05) is 28.0 Å². The number of rotatable bonds is 7. The molecule has 0 saturated heterocycles. The van der Waals surface area contributed by atoms with Crippen molar-refractivity contribution in [3.05, 3.63) is 143 Å². The maximum absolute atomic E-state index is 13.6. The normalized spacial score (nSPS) is 11.0. The molecule has 36 heavy (non-hydrogen) atoms. The first-order valence-corrected chi connectivity index (χ1v) is 12.5. The van der Waals surface area contributed by atoms with Gasteiger partial charge in [0.2, 0.25) is 0 Å². The molecule has 5 rings (SSSR count). The summed E-state index contributed by atoms with van der Waals surface area (Å²) >= 11 is 3.43. The van der Waals surface area contributed by atoms with E-state index < -0.39 is 6.43 Å². The van der Waals surface area contributed by atoms with Crippen molar-refractivity contribution in [2.24, 2.45) is 0 Å². The molecule has 0 saturated carbocycles. The minimum atomic E-state index is -2.54. The van der Waals surface area contributed by atoms with Crippen LogP contribution >= 0.6 is 15.9 Å². The summed E-state index contributed by atoms with van der Waals surface area (Å²) in [5.41, 5.74) is 7.32. The van der Waals surface area contributed by atoms with E-state index in [1.807, 2.05) is 42.5 Å². The van der Waals surface area contributed by atoms with Crippen molar-refractivity contribution in [2.45, 2.75) is 13.0 Å². The average molecular weight is 540 g/mol. The number of alkyl halides is 2. The number of benzene rings is 5. The van der Waals surface area contributed by atoms with E-state index in [4.69, 9.17) is 0 Å². The van der Waals surface area contributed by atoms with Crippen molar-refractivity contribution in [1.29, 1.82) is 0 Å². The molecule has 0 fully saturated rings. The molecule has 5 aromatic rings. The van der Waals surface area contributed by atoms with Crippen LogP contribution < -0.4 is 4.90 Å². The van der Waals surface area contributed by atoms with E-state index in [1.165, 1.54) is 6.07 Å². The molecule has 0 aliphatic rings. The Hall–Kier alpha value is -3.76. The van der Waals surface area contributed by atoms with E-state index in [2.05, 4.69) is 93.6 Å². The molecule has 0 unspecified atom stereocenters. The summed E-state index contributed by atoms with van der Waals surface area (Å²) < 4.78 is 27.6. The number of hydrogen-bond donors (Lipinski definition) is 0. The zero-order valence-electron chi connectivity index (χ0n) is 19.5. The second-order valence-electron chi connectivity index (χ2n) is 8.53. The molecule has 1 nitrogen and oxygen atoms in total. The molecular weight excluding hydrogens is 516 g/mol. The van der Waals surface area contributed by atoms with Crippen LogP contribution in [0.3, 0.4) is 0 Å². The van der Waals surface area contributed by atoms with Crippen LogP contribution in [-0.2, 0) is 6.54 Å². The van der Waals surface area contributed by atoms with Gasteiger partial charge in [-0.05, 0) is 68.0 Å². The second-order valence-corrected chi connectivity index (χ2v) is 9.33. The molecular formula is C32H24BrF2N. The molecule has 0 spiro atoms. The first-order valence-electron chi connectivity index (χ1n) is 11.7. The first kappa shape index (κ1) is 24.0. The maximum Gasteiger partial charge on any atom is 0.264 e. The van der Waals surface area contributed by atoms with Crippen LogP contribution in [0.2, 0.25) is 0 Å². The number of anilines is 2. The van der Waals surface area contributed by atoms with Gasteiger partial charge in [0.25, 0.3) is 6.43 Å². The quantitative estimate of drug-likeness (QED) is 0.199. The van der Waals surface area contributed by atoms with Gasteiger partial charge in [-0.2, -0.15) is 0 Å². The molecule has 0 N–H and O–H groups in total. The SMILES string of the molecule is FC(F)c1cccc(CN(c2ccc(-c3ccccc3)cc2)c2ccc(-c3ccccc3)cc2)c1Br. The van der Waals surface area contributed by atoms with Crippen LogP contribution in [0.15, 0.2) is 132 Å². The van der Waals surface area contributed by atoms with Gasteiger partial charge in [0.1, 0.15) is 0 Å². The minimum absolute atomic E-state index is 0.00583. The molecule has 0 aliphatic carbocycles. The van der Waals surface area contributed by atoms with Gasteiger partial charge >= 0.3 is 0 Å². The molecule has 178 valence electrons. The largest absolute Gasteiger partial charge is 0.337 e. The Morgan fingerprint density at radius 2 is 0.972 bits per heavy atom. The van der Waals surface area contributed by atoms with Crippen molar-refractivity contribution < 1.29 is 8.78 Å². The lowest BCUT2D eigenvalue weighted by molar-refractivity contribution is 0.150. The predicted molar refractivity (Wildman–Crippen MR) is 149 cm³/mol. The predicted octanol–water partition coefficient (Wildman–Crippen LogP) is 10.1. The van der Waals surface area contributed by atoms with Crippen molar-refractivity contribution >= 4 is 27.3 Å². The van der Waals surface area contributed by atoms with E-state index in [1.54, 1.807) is 6.07 Å². The second kappa shape index (κ2) is 10.9. The minimum Gasteiger partial charge on any atom is -0.337 e. The lowest BCUT2D eigenvalue weighted by atomic mass is 10.0. The van der Waals surface area contributed by atoms with Crippen molar-refractivity contribution in [2.75, 3.05) is 4.90 Å². The Morgan fingerprint density at radius 1 is 0.528 bits per heavy atom. The van der Waals surface area contributed by atoms with Crippen LogP contribution in [0, 0.1) is 0 Å². The van der Waals surface area contributed by atoms with Crippen LogP contribution in [-0.4, -0.2) is 0 Å². The summed E-state index contributed by atoms with van der Waals surface area (Å²) in [7, 11) is 0. The topological polar surface area (TPSA) is 3.24 Å². The third kappa shape index (κ3) is 5.24. The fourth-order valence-corrected chi connectivity index (χ4v) is 4.88. The number of halogens is 3. The monoisotopic (exact) mass is 539 g/mol. The Morgan fingerprint density at radius 3 is 1.42 bits per heavy atom. The molecule has 0 heterocycles. The molecule has 4 heteroatoms. The average Bonchev–Trinajstić information content (AvgIpc) is 2.93. The van der Waals surface area contributed by atoms with Crippen LogP contribution in [0.25, 0.3) is 22.3 Å². The van der Waals surface area contributed by atoms with Gasteiger partial charge in [-0.3, -0.25) is 0 Å². The van der Waals surface area contributed by atoms with Gasteiger partial charge in [-0.1, -0.05) is 103 Å². The van der Waals surface area contributed by atoms with Gasteiger partial charge < -0.3 is 4.90 Å². The van der Waals surface area contributed by atoms with Crippen LogP contribution in [0.1, 0.15) is 17.6 Å². The van der Waals surface area contributed by atoms with Gasteiger partial charge in [-0.15, -0.1) is 0 Å². The van der Waals surface area contributed by atoms with E-state index in [0.29, 0.717) is 11.0 Å². The third-order valence-corrected chi connectivity index (χ3v) is 7.21. The lowest BCUT2D eigenvalue weighted by Gasteiger charge is -2.27. The Bertz CT molecular complexity index is 1330. The molecule has 0 aromatic heterocycles. The van der Waals surface area contributed by atoms with Crippen molar-refractivity contribution in [3.63, 3.8) is 0 Å². The highest BCUT2D eigenvalue weighted by Crippen LogP contribution is 2.35. The third-order valence-electron chi connectivity index (χ3n) is 6.24. The zero-order valence-corrected chi connectivity index (χ0v) is 21.1. The summed E-state index contributed by atoms with van der Waals surface area (Å²) in [6.45, 7) is 0.441. The molecule has 0 radical (unpaired) electrons. The molecule has 0 atom stereocenters. The molecule has 0 amide bonds. The van der Waals surface area contributed by atoms with Gasteiger partial charge in [0.15, 0.2) is 0 Å². The highest BCUT2D eigenvalue weighted by Gasteiger charge is 2.18. The summed E-state index contributed by atoms with van der Waals surface area (Å²) in [6, 6.07) is 42.2. The van der Waals surface area contributed by atoms with E-state index in [0.717, 1.165) is 39.2 Å². The first-order chi connectivity index (χ1) is 17.6. The van der Waals surface area contributed by atoms with Gasteiger partial charge in [0.05, 0.1) is 0 Å². The van der Waals surface area contributed by atoms with Crippen LogP contribution in [0.4, 0.5) is 20.2 Å². The van der Waals surface area contributed by atoms with Gasteiger partial charge in [-0.25, -0.2) is 8.78 Å². The number of nitrogens with zero attached hydrogens (tertiary/aromatic N) is 1. The summed E-state index contributed by atoms with van der Waals surface area (Å²) in [4.78, 5) is 2.15. The highest BCUT2D eigenvalue weighted by atomic mass is 79.9. The summed E-state index contributed by atoms with van der Waals surface area (Å²) in [5.74, 6) is 0. The van der Waals surface area contributed by atoms with E-state index in [-0.39, 0.29) is 5.56 Å². The smallest absolute Gasteiger partial charge is 0.264 e. The Kier molecular flexibility index (Phi) is 7.24. The van der Waals surface area contributed by atoms with Crippen LogP contribution in [0.5, 0.6) is 0 Å². The Balaban J connectivity index is 1.52. The van der Waals surface area contributed by atoms with E-state index in [9.17, 15) is 8.78 Å². The zero-order chi connectivity index (χ0) is 24.9. The molecule has 5 aromatic carbocycles. The lowest BCUT2D eigenvalue weighted by Crippen LogP contribution is -2.17. The standard InChI is InChI=1S/C32H24BrF2N/c33-31-27(12-7-13-30(31)32(34)35)22-36(28-18-14-25(15-19-28)23-8-3-1-4-9-23)29-20-16-26(17-21-29)24-10-5-2-6-11-24/h1-21,32H,22H2. The van der Waals surface area contributed by atoms with E-state index >= 15 is 0 Å². The summed E-state index contributed by atoms with van der Waals surface area (Å²) in [5, 5.41) is 0. The number of hydrogen-bond acceptors (Lipinski definition) is 1. The fourth-order valence-electron chi connectivity index (χ4n) is 4.32. The van der Waals surface area contributed by atoms with Crippen molar-refractivity contribution in [1.82, 2.24) is 0 Å². The highest BCUT2D eigenvalue weighted by molar-refractivity contribution is 9.10. The fraction of sp³-hybridized carbons (Fsp3) is 0.0625. The van der Waals surface area contributed by atoms with Crippen molar-refractivity contribution in [3.8, 4) is 22.3 Å². The Labute approximate surface area is 218 Å². The molecule has 0 aliphatic heterocycles. The summed E-state index contributed by atoms with van der Waals surface area (Å²) in [6.07, 6.45) is -2.54. The maximum atomic E-state index is 13.6.